The monoisotopic (exact) mass is 465 g/mol. The molecule has 0 aliphatic carbocycles. The summed E-state index contributed by atoms with van der Waals surface area (Å²) < 4.78 is 27.6. The molecule has 0 unspecified atom stereocenters. The SMILES string of the molecule is CCOC(=O)CCCOc1ccc(-c2noc(-c3cnc(OC(C)C)c(C)c3)n2)c2ccoc12. The summed E-state index contributed by atoms with van der Waals surface area (Å²) in [4.78, 5) is 20.4. The van der Waals surface area contributed by atoms with Crippen molar-refractivity contribution in [3.05, 3.63) is 42.3 Å². The van der Waals surface area contributed by atoms with Gasteiger partial charge in [-0.05, 0) is 58.4 Å². The van der Waals surface area contributed by atoms with Gasteiger partial charge in [0.05, 0.1) is 31.1 Å². The van der Waals surface area contributed by atoms with Crippen LogP contribution in [-0.2, 0) is 9.53 Å². The molecule has 3 heterocycles. The zero-order valence-corrected chi connectivity index (χ0v) is 19.7. The zero-order chi connectivity index (χ0) is 24.1. The lowest BCUT2D eigenvalue weighted by Gasteiger charge is -2.11. The normalized spacial score (nSPS) is 11.2. The van der Waals surface area contributed by atoms with E-state index < -0.39 is 0 Å². The third-order valence-electron chi connectivity index (χ3n) is 4.96. The third-order valence-corrected chi connectivity index (χ3v) is 4.96. The Balaban J connectivity index is 1.51. The number of nitrogens with zero attached hydrogens (tertiary/aromatic N) is 3. The van der Waals surface area contributed by atoms with Gasteiger partial charge in [0.15, 0.2) is 11.3 Å². The first-order chi connectivity index (χ1) is 16.5. The highest BCUT2D eigenvalue weighted by Crippen LogP contribution is 2.35. The Labute approximate surface area is 197 Å². The number of fused-ring (bicyclic) bond motifs is 1. The molecule has 0 atom stereocenters. The third kappa shape index (κ3) is 5.19. The minimum atomic E-state index is -0.231. The van der Waals surface area contributed by atoms with Crippen LogP contribution in [0.15, 0.2) is 45.7 Å². The van der Waals surface area contributed by atoms with E-state index in [1.807, 2.05) is 39.0 Å². The lowest BCUT2D eigenvalue weighted by molar-refractivity contribution is -0.143. The van der Waals surface area contributed by atoms with Gasteiger partial charge in [0.25, 0.3) is 5.89 Å². The molecule has 0 aliphatic rings. The number of carbonyl (C=O) groups excluding carboxylic acids is 1. The van der Waals surface area contributed by atoms with Crippen molar-refractivity contribution in [2.45, 2.75) is 46.6 Å². The van der Waals surface area contributed by atoms with Crippen LogP contribution in [0.25, 0.3) is 33.8 Å². The number of rotatable bonds is 10. The molecule has 9 heteroatoms. The molecule has 1 aromatic carbocycles. The average Bonchev–Trinajstić information content (AvgIpc) is 3.48. The molecule has 178 valence electrons. The molecule has 0 fully saturated rings. The Bertz CT molecular complexity index is 1280. The molecule has 0 spiro atoms. The van der Waals surface area contributed by atoms with Crippen molar-refractivity contribution in [2.75, 3.05) is 13.2 Å². The molecule has 0 bridgehead atoms. The molecular formula is C25H27N3O6. The van der Waals surface area contributed by atoms with Crippen molar-refractivity contribution >= 4 is 16.9 Å². The van der Waals surface area contributed by atoms with Crippen LogP contribution in [0.2, 0.25) is 0 Å². The van der Waals surface area contributed by atoms with E-state index in [1.165, 1.54) is 0 Å². The fraction of sp³-hybridized carbons (Fsp3) is 0.360. The predicted octanol–water partition coefficient (Wildman–Crippen LogP) is 5.36. The predicted molar refractivity (Wildman–Crippen MR) is 125 cm³/mol. The van der Waals surface area contributed by atoms with E-state index in [0.717, 1.165) is 16.5 Å². The summed E-state index contributed by atoms with van der Waals surface area (Å²) in [5, 5.41) is 4.95. The van der Waals surface area contributed by atoms with Crippen LogP contribution in [0.5, 0.6) is 11.6 Å². The lowest BCUT2D eigenvalue weighted by Crippen LogP contribution is -2.08. The maximum Gasteiger partial charge on any atom is 0.305 e. The molecule has 9 nitrogen and oxygen atoms in total. The molecule has 34 heavy (non-hydrogen) atoms. The first-order valence-corrected chi connectivity index (χ1v) is 11.2. The fourth-order valence-electron chi connectivity index (χ4n) is 3.45. The summed E-state index contributed by atoms with van der Waals surface area (Å²) in [6.07, 6.45) is 4.13. The standard InChI is InChI=1S/C25H27N3O6/c1-5-30-21(29)7-6-11-31-20-9-8-19(18-10-12-32-22(18)20)23-27-25(34-28-23)17-13-16(4)24(26-14-17)33-15(2)3/h8-10,12-15H,5-7,11H2,1-4H3. The number of ether oxygens (including phenoxy) is 3. The van der Waals surface area contributed by atoms with Crippen molar-refractivity contribution in [3.63, 3.8) is 0 Å². The van der Waals surface area contributed by atoms with Gasteiger partial charge >= 0.3 is 5.97 Å². The van der Waals surface area contributed by atoms with E-state index in [9.17, 15) is 4.79 Å². The quantitative estimate of drug-likeness (QED) is 0.226. The van der Waals surface area contributed by atoms with Crippen LogP contribution < -0.4 is 9.47 Å². The number of hydrogen-bond donors (Lipinski definition) is 0. The highest BCUT2D eigenvalue weighted by atomic mass is 16.5. The van der Waals surface area contributed by atoms with E-state index in [1.54, 1.807) is 25.5 Å². The Hall–Kier alpha value is -3.88. The minimum absolute atomic E-state index is 0.0361. The number of hydrogen-bond acceptors (Lipinski definition) is 9. The maximum atomic E-state index is 11.5. The molecule has 0 amide bonds. The largest absolute Gasteiger partial charge is 0.490 e. The minimum Gasteiger partial charge on any atom is -0.490 e. The molecule has 0 radical (unpaired) electrons. The number of esters is 1. The van der Waals surface area contributed by atoms with Crippen LogP contribution in [0.4, 0.5) is 0 Å². The first-order valence-electron chi connectivity index (χ1n) is 11.2. The van der Waals surface area contributed by atoms with Crippen LogP contribution in [-0.4, -0.2) is 40.4 Å². The number of aryl methyl sites for hydroxylation is 1. The number of benzene rings is 1. The Morgan fingerprint density at radius 2 is 2.06 bits per heavy atom. The van der Waals surface area contributed by atoms with E-state index in [4.69, 9.17) is 23.2 Å². The van der Waals surface area contributed by atoms with Crippen LogP contribution in [0, 0.1) is 6.92 Å². The van der Waals surface area contributed by atoms with Gasteiger partial charge in [0.2, 0.25) is 11.7 Å². The lowest BCUT2D eigenvalue weighted by atomic mass is 10.1. The second kappa shape index (κ2) is 10.4. The Kier molecular flexibility index (Phi) is 7.10. The van der Waals surface area contributed by atoms with Gasteiger partial charge in [-0.25, -0.2) is 4.98 Å². The van der Waals surface area contributed by atoms with Gasteiger partial charge in [-0.1, -0.05) is 5.16 Å². The van der Waals surface area contributed by atoms with Gasteiger partial charge < -0.3 is 23.2 Å². The number of furan rings is 1. The highest BCUT2D eigenvalue weighted by molar-refractivity contribution is 5.95. The zero-order valence-electron chi connectivity index (χ0n) is 19.7. The molecule has 4 rings (SSSR count). The topological polar surface area (TPSA) is 110 Å². The van der Waals surface area contributed by atoms with E-state index in [0.29, 0.717) is 60.5 Å². The molecule has 0 saturated heterocycles. The molecule has 4 aromatic rings. The number of pyridine rings is 1. The number of carbonyl (C=O) groups is 1. The summed E-state index contributed by atoms with van der Waals surface area (Å²) in [6.45, 7) is 8.35. The Morgan fingerprint density at radius 1 is 1.21 bits per heavy atom. The summed E-state index contributed by atoms with van der Waals surface area (Å²) in [6, 6.07) is 7.39. The fourth-order valence-corrected chi connectivity index (χ4v) is 3.45. The average molecular weight is 466 g/mol. The van der Waals surface area contributed by atoms with Crippen LogP contribution >= 0.6 is 0 Å². The summed E-state index contributed by atoms with van der Waals surface area (Å²) in [7, 11) is 0. The smallest absolute Gasteiger partial charge is 0.305 e. The van der Waals surface area contributed by atoms with Crippen molar-refractivity contribution < 1.29 is 27.9 Å². The van der Waals surface area contributed by atoms with Crippen molar-refractivity contribution in [1.29, 1.82) is 0 Å². The Morgan fingerprint density at radius 3 is 2.82 bits per heavy atom. The molecule has 0 N–H and O–H groups in total. The molecule has 0 saturated carbocycles. The van der Waals surface area contributed by atoms with Crippen LogP contribution in [0.3, 0.4) is 0 Å². The van der Waals surface area contributed by atoms with Crippen molar-refractivity contribution in [2.24, 2.45) is 0 Å². The maximum absolute atomic E-state index is 11.5. The molecule has 3 aromatic heterocycles. The van der Waals surface area contributed by atoms with Gasteiger partial charge in [-0.3, -0.25) is 4.79 Å². The second-order valence-electron chi connectivity index (χ2n) is 7.97. The van der Waals surface area contributed by atoms with Gasteiger partial charge in [0.1, 0.15) is 0 Å². The number of aromatic nitrogens is 3. The van der Waals surface area contributed by atoms with Crippen molar-refractivity contribution in [3.8, 4) is 34.5 Å². The molecule has 0 aliphatic heterocycles. The molecular weight excluding hydrogens is 438 g/mol. The second-order valence-corrected chi connectivity index (χ2v) is 7.97. The van der Waals surface area contributed by atoms with Gasteiger partial charge in [0, 0.05) is 29.1 Å². The van der Waals surface area contributed by atoms with E-state index in [2.05, 4.69) is 15.1 Å². The summed E-state index contributed by atoms with van der Waals surface area (Å²) in [5.41, 5.74) is 2.92. The highest BCUT2D eigenvalue weighted by Gasteiger charge is 2.18. The van der Waals surface area contributed by atoms with E-state index in [-0.39, 0.29) is 12.1 Å². The first kappa shape index (κ1) is 23.3. The summed E-state index contributed by atoms with van der Waals surface area (Å²) in [5.74, 6) is 1.71. The van der Waals surface area contributed by atoms with E-state index >= 15 is 0 Å². The summed E-state index contributed by atoms with van der Waals surface area (Å²) >= 11 is 0. The van der Waals surface area contributed by atoms with Crippen molar-refractivity contribution in [1.82, 2.24) is 15.1 Å². The van der Waals surface area contributed by atoms with Crippen LogP contribution in [0.1, 0.15) is 39.2 Å². The van der Waals surface area contributed by atoms with Gasteiger partial charge in [-0.15, -0.1) is 0 Å². The van der Waals surface area contributed by atoms with Gasteiger partial charge in [-0.2, -0.15) is 4.98 Å².